The van der Waals surface area contributed by atoms with Gasteiger partial charge in [0.05, 0.1) is 11.4 Å². The minimum absolute atomic E-state index is 1.09. The van der Waals surface area contributed by atoms with E-state index >= 15 is 0 Å². The van der Waals surface area contributed by atoms with E-state index in [1.807, 2.05) is 34.4 Å². The van der Waals surface area contributed by atoms with Gasteiger partial charge in [-0.3, -0.25) is 0 Å². The molecule has 224 valence electrons. The smallest absolute Gasteiger partial charge is 0.0553 e. The molecule has 0 spiro atoms. The lowest BCUT2D eigenvalue weighted by Gasteiger charge is -2.33. The standard InChI is InChI=1S/C38H49NS3/c1-4-7-10-13-16-29-22-25-40-37(29)31-18-20-33-35(27-31)42-36-28-32(19-21-34(36)39(33)24-15-12-9-6-3)38-30(23-26-41-38)17-14-11-8-5-2/h18-23,25-28H,4-17,24H2,1-3H3. The zero-order chi connectivity index (χ0) is 29.1. The van der Waals surface area contributed by atoms with Crippen LogP contribution >= 0.6 is 34.4 Å². The molecule has 0 unspecified atom stereocenters. The van der Waals surface area contributed by atoms with Gasteiger partial charge in [0.15, 0.2) is 0 Å². The first-order valence-corrected chi connectivity index (χ1v) is 19.2. The van der Waals surface area contributed by atoms with Crippen molar-refractivity contribution >= 4 is 45.8 Å². The molecule has 0 aliphatic carbocycles. The summed E-state index contributed by atoms with van der Waals surface area (Å²) in [4.78, 5) is 8.36. The summed E-state index contributed by atoms with van der Waals surface area (Å²) in [6.07, 6.45) is 18.1. The molecule has 0 atom stereocenters. The third kappa shape index (κ3) is 7.73. The highest BCUT2D eigenvalue weighted by Crippen LogP contribution is 2.51. The maximum atomic E-state index is 2.62. The fourth-order valence-corrected chi connectivity index (χ4v) is 9.24. The Bertz CT molecular complexity index is 1300. The highest BCUT2D eigenvalue weighted by molar-refractivity contribution is 7.99. The first-order chi connectivity index (χ1) is 20.7. The lowest BCUT2D eigenvalue weighted by atomic mass is 10.0. The summed E-state index contributed by atoms with van der Waals surface area (Å²) in [7, 11) is 0. The van der Waals surface area contributed by atoms with Crippen LogP contribution in [0.2, 0.25) is 0 Å². The molecule has 1 aliphatic heterocycles. The van der Waals surface area contributed by atoms with E-state index in [1.54, 1.807) is 0 Å². The predicted octanol–water partition coefficient (Wildman–Crippen LogP) is 13.6. The first-order valence-electron chi connectivity index (χ1n) is 16.6. The largest absolute Gasteiger partial charge is 0.340 e. The van der Waals surface area contributed by atoms with E-state index in [0.717, 1.165) is 6.54 Å². The van der Waals surface area contributed by atoms with Crippen molar-refractivity contribution in [1.82, 2.24) is 0 Å². The fourth-order valence-electron chi connectivity index (χ4n) is 6.16. The molecule has 4 aromatic rings. The molecule has 4 heteroatoms. The molecule has 0 amide bonds. The Hall–Kier alpha value is -2.01. The molecule has 0 radical (unpaired) electrons. The molecule has 3 heterocycles. The van der Waals surface area contributed by atoms with E-state index in [-0.39, 0.29) is 0 Å². The predicted molar refractivity (Wildman–Crippen MR) is 190 cm³/mol. The van der Waals surface area contributed by atoms with Crippen LogP contribution < -0.4 is 4.90 Å². The van der Waals surface area contributed by atoms with Crippen LogP contribution in [-0.4, -0.2) is 6.54 Å². The molecular weight excluding hydrogens is 567 g/mol. The Morgan fingerprint density at radius 2 is 1.00 bits per heavy atom. The molecule has 0 N–H and O–H groups in total. The van der Waals surface area contributed by atoms with Crippen molar-refractivity contribution in [3.8, 4) is 20.9 Å². The highest BCUT2D eigenvalue weighted by Gasteiger charge is 2.25. The number of unbranched alkanes of at least 4 members (excludes halogenated alkanes) is 9. The summed E-state index contributed by atoms with van der Waals surface area (Å²) in [5, 5.41) is 4.58. The highest BCUT2D eigenvalue weighted by atomic mass is 32.2. The Morgan fingerprint density at radius 1 is 0.524 bits per heavy atom. The van der Waals surface area contributed by atoms with Gasteiger partial charge < -0.3 is 4.90 Å². The molecule has 0 saturated heterocycles. The van der Waals surface area contributed by atoms with Gasteiger partial charge in [0.25, 0.3) is 0 Å². The Balaban J connectivity index is 1.43. The molecule has 2 aromatic carbocycles. The van der Waals surface area contributed by atoms with Crippen LogP contribution in [-0.2, 0) is 12.8 Å². The van der Waals surface area contributed by atoms with Gasteiger partial charge in [-0.05, 0) is 102 Å². The molecule has 42 heavy (non-hydrogen) atoms. The number of aryl methyl sites for hydroxylation is 2. The number of hydrogen-bond acceptors (Lipinski definition) is 4. The van der Waals surface area contributed by atoms with Crippen LogP contribution in [0.25, 0.3) is 20.9 Å². The quantitative estimate of drug-likeness (QED) is 0.109. The fraction of sp³-hybridized carbons (Fsp3) is 0.474. The van der Waals surface area contributed by atoms with Crippen molar-refractivity contribution in [3.63, 3.8) is 0 Å². The molecule has 0 bridgehead atoms. The van der Waals surface area contributed by atoms with Crippen LogP contribution in [0.3, 0.4) is 0 Å². The number of fused-ring (bicyclic) bond motifs is 2. The van der Waals surface area contributed by atoms with Gasteiger partial charge in [0.2, 0.25) is 0 Å². The van der Waals surface area contributed by atoms with Gasteiger partial charge in [-0.1, -0.05) is 102 Å². The third-order valence-corrected chi connectivity index (χ3v) is 11.7. The lowest BCUT2D eigenvalue weighted by molar-refractivity contribution is 0.665. The lowest BCUT2D eigenvalue weighted by Crippen LogP contribution is -2.22. The van der Waals surface area contributed by atoms with Crippen molar-refractivity contribution in [2.75, 3.05) is 11.4 Å². The maximum Gasteiger partial charge on any atom is 0.0553 e. The van der Waals surface area contributed by atoms with Crippen LogP contribution in [0.4, 0.5) is 11.4 Å². The summed E-state index contributed by atoms with van der Waals surface area (Å²) in [5.41, 5.74) is 8.60. The Kier molecular flexibility index (Phi) is 12.1. The van der Waals surface area contributed by atoms with Crippen molar-refractivity contribution in [2.24, 2.45) is 0 Å². The molecule has 0 fully saturated rings. The van der Waals surface area contributed by atoms with Gasteiger partial charge in [-0.2, -0.15) is 0 Å². The van der Waals surface area contributed by atoms with Gasteiger partial charge in [0.1, 0.15) is 0 Å². The summed E-state index contributed by atoms with van der Waals surface area (Å²) >= 11 is 5.81. The average Bonchev–Trinajstić information content (AvgIpc) is 3.68. The zero-order valence-corrected chi connectivity index (χ0v) is 28.5. The number of benzene rings is 2. The van der Waals surface area contributed by atoms with E-state index in [4.69, 9.17) is 0 Å². The van der Waals surface area contributed by atoms with Crippen molar-refractivity contribution in [1.29, 1.82) is 0 Å². The molecule has 1 nitrogen and oxygen atoms in total. The van der Waals surface area contributed by atoms with Crippen molar-refractivity contribution in [3.05, 3.63) is 70.4 Å². The second-order valence-corrected chi connectivity index (χ2v) is 14.8. The van der Waals surface area contributed by atoms with Gasteiger partial charge in [-0.15, -0.1) is 22.7 Å². The Morgan fingerprint density at radius 3 is 1.48 bits per heavy atom. The molecule has 5 rings (SSSR count). The summed E-state index contributed by atoms with van der Waals surface area (Å²) < 4.78 is 0. The summed E-state index contributed by atoms with van der Waals surface area (Å²) in [6, 6.07) is 19.3. The second kappa shape index (κ2) is 16.2. The normalized spacial score (nSPS) is 12.5. The van der Waals surface area contributed by atoms with Crippen LogP contribution in [0, 0.1) is 0 Å². The number of nitrogens with zero attached hydrogens (tertiary/aromatic N) is 1. The van der Waals surface area contributed by atoms with Crippen molar-refractivity contribution < 1.29 is 0 Å². The van der Waals surface area contributed by atoms with E-state index in [1.165, 1.54) is 143 Å². The van der Waals surface area contributed by atoms with E-state index in [9.17, 15) is 0 Å². The molecular formula is C38H49NS3. The van der Waals surface area contributed by atoms with E-state index < -0.39 is 0 Å². The zero-order valence-electron chi connectivity index (χ0n) is 26.1. The van der Waals surface area contributed by atoms with Gasteiger partial charge in [0, 0.05) is 26.1 Å². The summed E-state index contributed by atoms with van der Waals surface area (Å²) in [5.74, 6) is 0. The van der Waals surface area contributed by atoms with E-state index in [0.29, 0.717) is 0 Å². The maximum absolute atomic E-state index is 2.62. The van der Waals surface area contributed by atoms with Crippen molar-refractivity contribution in [2.45, 2.75) is 120 Å². The SMILES string of the molecule is CCCCCCc1ccsc1-c1ccc2c(c1)Sc1cc(-c3sccc3CCCCCC)ccc1N2CCCCCC. The first kappa shape index (κ1) is 31.4. The van der Waals surface area contributed by atoms with Crippen LogP contribution in [0.5, 0.6) is 0 Å². The third-order valence-electron chi connectivity index (χ3n) is 8.57. The topological polar surface area (TPSA) is 3.24 Å². The molecule has 1 aliphatic rings. The minimum atomic E-state index is 1.09. The van der Waals surface area contributed by atoms with Crippen LogP contribution in [0.1, 0.15) is 109 Å². The monoisotopic (exact) mass is 615 g/mol. The number of thiophene rings is 2. The number of rotatable bonds is 17. The van der Waals surface area contributed by atoms with Gasteiger partial charge in [-0.25, -0.2) is 0 Å². The average molecular weight is 616 g/mol. The molecule has 0 saturated carbocycles. The van der Waals surface area contributed by atoms with Gasteiger partial charge >= 0.3 is 0 Å². The molecule has 2 aromatic heterocycles. The Labute approximate surface area is 267 Å². The number of hydrogen-bond donors (Lipinski definition) is 0. The number of anilines is 2. The minimum Gasteiger partial charge on any atom is -0.340 e. The van der Waals surface area contributed by atoms with Crippen LogP contribution in [0.15, 0.2) is 69.1 Å². The summed E-state index contributed by atoms with van der Waals surface area (Å²) in [6.45, 7) is 7.98. The van der Waals surface area contributed by atoms with E-state index in [2.05, 4.69) is 85.0 Å². The second-order valence-electron chi connectivity index (χ2n) is 11.9.